The van der Waals surface area contributed by atoms with E-state index < -0.39 is 5.51 Å². The van der Waals surface area contributed by atoms with E-state index in [9.17, 15) is 13.2 Å². The minimum atomic E-state index is -4.29. The Morgan fingerprint density at radius 2 is 2.00 bits per heavy atom. The van der Waals surface area contributed by atoms with Crippen molar-refractivity contribution in [1.29, 1.82) is 0 Å². The van der Waals surface area contributed by atoms with Gasteiger partial charge < -0.3 is 0 Å². The summed E-state index contributed by atoms with van der Waals surface area (Å²) in [7, 11) is 0. The molecule has 0 atom stereocenters. The SMILES string of the molecule is FC(F)(F)Sc1cncc(Cl)c1. The second-order valence-corrected chi connectivity index (χ2v) is 3.46. The maximum atomic E-state index is 11.8. The molecule has 1 nitrogen and oxygen atoms in total. The summed E-state index contributed by atoms with van der Waals surface area (Å²) in [6, 6.07) is 1.21. The Balaban J connectivity index is 2.77. The van der Waals surface area contributed by atoms with Crippen LogP contribution < -0.4 is 0 Å². The molecule has 0 aromatic carbocycles. The van der Waals surface area contributed by atoms with Gasteiger partial charge >= 0.3 is 5.51 Å². The molecule has 12 heavy (non-hydrogen) atoms. The monoisotopic (exact) mass is 213 g/mol. The highest BCUT2D eigenvalue weighted by molar-refractivity contribution is 8.00. The zero-order chi connectivity index (χ0) is 9.19. The summed E-state index contributed by atoms with van der Waals surface area (Å²) in [6.45, 7) is 0. The predicted molar refractivity (Wildman–Crippen MR) is 41.2 cm³/mol. The molecule has 0 aliphatic carbocycles. The molecule has 0 amide bonds. The summed E-state index contributed by atoms with van der Waals surface area (Å²) in [6.07, 6.45) is 2.39. The van der Waals surface area contributed by atoms with Crippen LogP contribution in [0.15, 0.2) is 23.4 Å². The molecule has 0 spiro atoms. The van der Waals surface area contributed by atoms with Gasteiger partial charge in [0.05, 0.1) is 5.02 Å². The molecule has 1 rings (SSSR count). The average molecular weight is 214 g/mol. The van der Waals surface area contributed by atoms with Crippen LogP contribution in [-0.4, -0.2) is 10.5 Å². The van der Waals surface area contributed by atoms with Gasteiger partial charge in [-0.25, -0.2) is 0 Å². The summed E-state index contributed by atoms with van der Waals surface area (Å²) < 4.78 is 35.3. The minimum absolute atomic E-state index is 0.00463. The number of alkyl halides is 3. The average Bonchev–Trinajstić information content (AvgIpc) is 1.82. The molecule has 0 fully saturated rings. The summed E-state index contributed by atoms with van der Waals surface area (Å²) in [5.41, 5.74) is -4.29. The molecule has 1 heterocycles. The van der Waals surface area contributed by atoms with Crippen molar-refractivity contribution < 1.29 is 13.2 Å². The van der Waals surface area contributed by atoms with Crippen molar-refractivity contribution in [3.8, 4) is 0 Å². The van der Waals surface area contributed by atoms with Crippen LogP contribution in [0.25, 0.3) is 0 Å². The number of halogens is 4. The molecule has 0 radical (unpaired) electrons. The lowest BCUT2D eigenvalue weighted by atomic mass is 10.5. The van der Waals surface area contributed by atoms with Gasteiger partial charge in [-0.1, -0.05) is 11.6 Å². The number of hydrogen-bond donors (Lipinski definition) is 0. The summed E-state index contributed by atoms with van der Waals surface area (Å²) >= 11 is 5.20. The summed E-state index contributed by atoms with van der Waals surface area (Å²) in [4.78, 5) is 3.51. The van der Waals surface area contributed by atoms with Crippen LogP contribution in [0.3, 0.4) is 0 Å². The molecule has 0 saturated carbocycles. The van der Waals surface area contributed by atoms with Crippen LogP contribution in [-0.2, 0) is 0 Å². The number of thioether (sulfide) groups is 1. The second kappa shape index (κ2) is 3.53. The van der Waals surface area contributed by atoms with Gasteiger partial charge in [-0.15, -0.1) is 0 Å². The van der Waals surface area contributed by atoms with Gasteiger partial charge in [0.1, 0.15) is 0 Å². The van der Waals surface area contributed by atoms with E-state index in [2.05, 4.69) is 4.98 Å². The second-order valence-electron chi connectivity index (χ2n) is 1.89. The highest BCUT2D eigenvalue weighted by atomic mass is 35.5. The van der Waals surface area contributed by atoms with Gasteiger partial charge in [-0.2, -0.15) is 13.2 Å². The zero-order valence-electron chi connectivity index (χ0n) is 5.60. The van der Waals surface area contributed by atoms with Gasteiger partial charge in [0.25, 0.3) is 0 Å². The first-order valence-electron chi connectivity index (χ1n) is 2.84. The topological polar surface area (TPSA) is 12.9 Å². The van der Waals surface area contributed by atoms with Crippen molar-refractivity contribution in [3.05, 3.63) is 23.5 Å². The van der Waals surface area contributed by atoms with E-state index in [1.807, 2.05) is 0 Å². The predicted octanol–water partition coefficient (Wildman–Crippen LogP) is 3.35. The Bertz CT molecular complexity index is 276. The molecule has 6 heteroatoms. The van der Waals surface area contributed by atoms with Crippen molar-refractivity contribution >= 4 is 23.4 Å². The summed E-state index contributed by atoms with van der Waals surface area (Å²) in [5.74, 6) is 0. The lowest BCUT2D eigenvalue weighted by Gasteiger charge is -2.04. The fraction of sp³-hybridized carbons (Fsp3) is 0.167. The molecule has 0 N–H and O–H groups in total. The lowest BCUT2D eigenvalue weighted by Crippen LogP contribution is -1.98. The summed E-state index contributed by atoms with van der Waals surface area (Å²) in [5, 5.41) is 0.198. The van der Waals surface area contributed by atoms with E-state index in [-0.39, 0.29) is 21.7 Å². The zero-order valence-corrected chi connectivity index (χ0v) is 7.17. The van der Waals surface area contributed by atoms with Crippen LogP contribution in [0.4, 0.5) is 13.2 Å². The van der Waals surface area contributed by atoms with Gasteiger partial charge in [0.15, 0.2) is 0 Å². The van der Waals surface area contributed by atoms with E-state index in [0.717, 1.165) is 6.20 Å². The van der Waals surface area contributed by atoms with Gasteiger partial charge in [0.2, 0.25) is 0 Å². The first-order chi connectivity index (χ1) is 5.47. The van der Waals surface area contributed by atoms with Gasteiger partial charge in [-0.3, -0.25) is 4.98 Å². The van der Waals surface area contributed by atoms with Crippen molar-refractivity contribution in [3.63, 3.8) is 0 Å². The van der Waals surface area contributed by atoms with Crippen LogP contribution in [0, 0.1) is 0 Å². The van der Waals surface area contributed by atoms with E-state index >= 15 is 0 Å². The Labute approximate surface area is 75.9 Å². The third-order valence-electron chi connectivity index (χ3n) is 0.913. The number of nitrogens with zero attached hydrogens (tertiary/aromatic N) is 1. The van der Waals surface area contributed by atoms with E-state index in [4.69, 9.17) is 11.6 Å². The maximum absolute atomic E-state index is 11.8. The van der Waals surface area contributed by atoms with E-state index in [1.165, 1.54) is 12.3 Å². The standard InChI is InChI=1S/C6H3ClF3NS/c7-4-1-5(3-11-2-4)12-6(8,9)10/h1-3H. The van der Waals surface area contributed by atoms with Crippen molar-refractivity contribution in [2.45, 2.75) is 10.4 Å². The molecule has 1 aromatic rings. The highest BCUT2D eigenvalue weighted by Crippen LogP contribution is 2.36. The quantitative estimate of drug-likeness (QED) is 0.664. The number of rotatable bonds is 1. The van der Waals surface area contributed by atoms with Gasteiger partial charge in [-0.05, 0) is 17.8 Å². The largest absolute Gasteiger partial charge is 0.446 e. The van der Waals surface area contributed by atoms with Crippen LogP contribution >= 0.6 is 23.4 Å². The van der Waals surface area contributed by atoms with Crippen molar-refractivity contribution in [1.82, 2.24) is 4.98 Å². The Morgan fingerprint density at radius 3 is 2.50 bits per heavy atom. The van der Waals surface area contributed by atoms with Crippen LogP contribution in [0.5, 0.6) is 0 Å². The molecular weight excluding hydrogens is 211 g/mol. The molecule has 1 aromatic heterocycles. The number of pyridine rings is 1. The third-order valence-corrected chi connectivity index (χ3v) is 1.81. The molecule has 0 bridgehead atoms. The molecule has 0 saturated heterocycles. The van der Waals surface area contributed by atoms with Crippen molar-refractivity contribution in [2.75, 3.05) is 0 Å². The first-order valence-corrected chi connectivity index (χ1v) is 4.03. The lowest BCUT2D eigenvalue weighted by molar-refractivity contribution is -0.0328. The molecule has 0 aliphatic rings. The molecular formula is C6H3ClF3NS. The Kier molecular flexibility index (Phi) is 2.85. The van der Waals surface area contributed by atoms with Crippen LogP contribution in [0.2, 0.25) is 5.02 Å². The Hall–Kier alpha value is -0.420. The molecule has 0 unspecified atom stereocenters. The molecule has 0 aliphatic heterocycles. The fourth-order valence-electron chi connectivity index (χ4n) is 0.582. The van der Waals surface area contributed by atoms with E-state index in [1.54, 1.807) is 0 Å². The van der Waals surface area contributed by atoms with Crippen LogP contribution in [0.1, 0.15) is 0 Å². The van der Waals surface area contributed by atoms with Gasteiger partial charge in [0, 0.05) is 17.3 Å². The Morgan fingerprint density at radius 1 is 1.33 bits per heavy atom. The smallest absolute Gasteiger partial charge is 0.262 e. The maximum Gasteiger partial charge on any atom is 0.446 e. The minimum Gasteiger partial charge on any atom is -0.262 e. The first kappa shape index (κ1) is 9.67. The van der Waals surface area contributed by atoms with Crippen molar-refractivity contribution in [2.24, 2.45) is 0 Å². The van der Waals surface area contributed by atoms with E-state index in [0.29, 0.717) is 0 Å². The third kappa shape index (κ3) is 3.32. The number of hydrogen-bond acceptors (Lipinski definition) is 2. The normalized spacial score (nSPS) is 11.7. The molecule has 66 valence electrons. The highest BCUT2D eigenvalue weighted by Gasteiger charge is 2.29. The fourth-order valence-corrected chi connectivity index (χ4v) is 1.39. The number of aromatic nitrogens is 1.